The van der Waals surface area contributed by atoms with E-state index in [1.165, 1.54) is 34.8 Å². The number of aryl methyl sites for hydroxylation is 4. The molecule has 0 saturated heterocycles. The van der Waals surface area contributed by atoms with Gasteiger partial charge >= 0.3 is 23.9 Å². The summed E-state index contributed by atoms with van der Waals surface area (Å²) in [5.74, 6) is -3.75. The molecule has 57 heavy (non-hydrogen) atoms. The predicted octanol–water partition coefficient (Wildman–Crippen LogP) is 12.5. The maximum atomic E-state index is 14.4. The van der Waals surface area contributed by atoms with Gasteiger partial charge in [0.15, 0.2) is 10.3 Å². The van der Waals surface area contributed by atoms with Gasteiger partial charge in [0.1, 0.15) is 0 Å². The molecular formula is C40H30F2O8S7. The highest BCUT2D eigenvalue weighted by molar-refractivity contribution is 7.31. The minimum atomic E-state index is -0.959. The van der Waals surface area contributed by atoms with Crippen molar-refractivity contribution in [2.45, 2.75) is 51.4 Å². The molecule has 0 aromatic carbocycles. The molecule has 7 rings (SSSR count). The van der Waals surface area contributed by atoms with Crippen LogP contribution < -0.4 is 0 Å². The van der Waals surface area contributed by atoms with Crippen molar-refractivity contribution < 1.29 is 48.4 Å². The molecular weight excluding hydrogens is 871 g/mol. The lowest BCUT2D eigenvalue weighted by Crippen LogP contribution is -1.97. The molecule has 7 aromatic rings. The van der Waals surface area contributed by atoms with Gasteiger partial charge in [0.05, 0.1) is 9.75 Å². The topological polar surface area (TPSA) is 149 Å². The molecule has 0 aliphatic rings. The minimum absolute atomic E-state index is 0.0564. The van der Waals surface area contributed by atoms with E-state index in [1.54, 1.807) is 34.0 Å². The molecule has 0 fully saturated rings. The van der Waals surface area contributed by atoms with Crippen molar-refractivity contribution in [1.29, 1.82) is 0 Å². The fraction of sp³-hybridized carbons (Fsp3) is 0.200. The number of thiophene rings is 7. The Bertz CT molecular complexity index is 2440. The third-order valence-electron chi connectivity index (χ3n) is 8.81. The zero-order valence-electron chi connectivity index (χ0n) is 29.5. The third-order valence-corrected chi connectivity index (χ3v) is 17.5. The first-order valence-corrected chi connectivity index (χ1v) is 23.0. The SMILES string of the molecule is O=C(O)CCc1cc(F)sc1-c1ccc(-c2sc(-c3ccc(-c4cc(CCC(=O)O)c(-c5ccc(-c6sc(F)cc6CCC(=O)O)s5)s4)s3)cc2CCC(=O)O)s1. The standard InChI is InChI=1S/C40H30F2O8S7/c41-31-17-21(3-13-35(47)48)39(56-31)27-9-7-25(52-27)37-19(1-11-33(43)44)15-29(54-37)23-5-6-24(51-23)30-16-20(2-12-34(45)46)38(55-30)26-8-10-28(53-26)40-22(4-14-36(49)50)18-32(42)57-40/h5-10,15-18H,1-4,11-14H2,(H,43,44)(H,45,46)(H,47,48)(H,49,50). The summed E-state index contributed by atoms with van der Waals surface area (Å²) in [5.41, 5.74) is 3.03. The molecule has 0 bridgehead atoms. The third kappa shape index (κ3) is 9.68. The van der Waals surface area contributed by atoms with Gasteiger partial charge in [0.2, 0.25) is 0 Å². The summed E-state index contributed by atoms with van der Waals surface area (Å²) in [4.78, 5) is 56.1. The van der Waals surface area contributed by atoms with Crippen LogP contribution in [0.15, 0.2) is 60.7 Å². The van der Waals surface area contributed by atoms with Crippen LogP contribution in [0.4, 0.5) is 8.78 Å². The average Bonchev–Trinajstić information content (AvgIpc) is 3.99. The van der Waals surface area contributed by atoms with E-state index >= 15 is 0 Å². The van der Waals surface area contributed by atoms with Crippen molar-refractivity contribution in [3.05, 3.63) is 93.2 Å². The van der Waals surface area contributed by atoms with Crippen LogP contribution in [0.2, 0.25) is 0 Å². The van der Waals surface area contributed by atoms with E-state index in [2.05, 4.69) is 0 Å². The van der Waals surface area contributed by atoms with Crippen LogP contribution in [0.3, 0.4) is 0 Å². The lowest BCUT2D eigenvalue weighted by atomic mass is 10.1. The second-order valence-corrected chi connectivity index (χ2v) is 20.2. The first-order chi connectivity index (χ1) is 27.3. The van der Waals surface area contributed by atoms with Crippen LogP contribution >= 0.6 is 79.4 Å². The van der Waals surface area contributed by atoms with Crippen LogP contribution in [0, 0.1) is 10.3 Å². The number of carboxylic acid groups (broad SMARTS) is 4. The largest absolute Gasteiger partial charge is 0.481 e. The van der Waals surface area contributed by atoms with Crippen molar-refractivity contribution >= 4 is 103 Å². The molecule has 0 unspecified atom stereocenters. The van der Waals surface area contributed by atoms with E-state index in [1.807, 2.05) is 48.5 Å². The molecule has 4 N–H and O–H groups in total. The first-order valence-electron chi connectivity index (χ1n) is 17.3. The Kier molecular flexibility index (Phi) is 12.6. The summed E-state index contributed by atoms with van der Waals surface area (Å²) in [6.07, 6.45) is 0.707. The molecule has 8 nitrogen and oxygen atoms in total. The molecule has 0 atom stereocenters. The summed E-state index contributed by atoms with van der Waals surface area (Å²) in [7, 11) is 0. The second kappa shape index (κ2) is 17.6. The second-order valence-electron chi connectivity index (χ2n) is 12.8. The highest BCUT2D eigenvalue weighted by atomic mass is 32.1. The van der Waals surface area contributed by atoms with E-state index in [4.69, 9.17) is 0 Å². The fourth-order valence-corrected chi connectivity index (χ4v) is 14.3. The van der Waals surface area contributed by atoms with Gasteiger partial charge in [-0.25, -0.2) is 0 Å². The predicted molar refractivity (Wildman–Crippen MR) is 228 cm³/mol. The molecule has 7 heterocycles. The Morgan fingerprint density at radius 2 is 0.632 bits per heavy atom. The summed E-state index contributed by atoms with van der Waals surface area (Å²) in [5, 5.41) is 36.6. The van der Waals surface area contributed by atoms with Gasteiger partial charge in [-0.1, -0.05) is 0 Å². The van der Waals surface area contributed by atoms with Gasteiger partial charge in [0.25, 0.3) is 0 Å². The fourth-order valence-electron chi connectivity index (χ4n) is 6.20. The van der Waals surface area contributed by atoms with Crippen LogP contribution in [0.1, 0.15) is 47.9 Å². The zero-order chi connectivity index (χ0) is 40.4. The van der Waals surface area contributed by atoms with Crippen molar-refractivity contribution in [1.82, 2.24) is 0 Å². The van der Waals surface area contributed by atoms with Gasteiger partial charge in [-0.15, -0.1) is 79.4 Å². The molecule has 0 amide bonds. The summed E-state index contributed by atoms with van der Waals surface area (Å²) in [6.45, 7) is 0. The molecule has 7 aromatic heterocycles. The number of carboxylic acids is 4. The number of hydrogen-bond donors (Lipinski definition) is 4. The van der Waals surface area contributed by atoms with Crippen LogP contribution in [-0.2, 0) is 44.9 Å². The van der Waals surface area contributed by atoms with Crippen LogP contribution in [0.5, 0.6) is 0 Å². The number of rotatable bonds is 18. The molecule has 17 heteroatoms. The molecule has 294 valence electrons. The molecule has 0 radical (unpaired) electrons. The highest BCUT2D eigenvalue weighted by Crippen LogP contribution is 2.50. The van der Waals surface area contributed by atoms with Crippen molar-refractivity contribution in [3.8, 4) is 58.5 Å². The Morgan fingerprint density at radius 1 is 0.368 bits per heavy atom. The smallest absolute Gasteiger partial charge is 0.303 e. The number of halogens is 2. The molecule has 0 saturated carbocycles. The first kappa shape index (κ1) is 40.8. The Labute approximate surface area is 352 Å². The zero-order valence-corrected chi connectivity index (χ0v) is 35.2. The minimum Gasteiger partial charge on any atom is -0.481 e. The summed E-state index contributed by atoms with van der Waals surface area (Å²) in [6, 6.07) is 18.5. The van der Waals surface area contributed by atoms with Crippen LogP contribution in [0.25, 0.3) is 58.5 Å². The quantitative estimate of drug-likeness (QED) is 0.0665. The van der Waals surface area contributed by atoms with E-state index in [0.29, 0.717) is 33.7 Å². The lowest BCUT2D eigenvalue weighted by molar-refractivity contribution is -0.138. The van der Waals surface area contributed by atoms with Gasteiger partial charge in [-0.3, -0.25) is 19.2 Å². The van der Waals surface area contributed by atoms with Gasteiger partial charge in [0, 0.05) is 74.5 Å². The lowest BCUT2D eigenvalue weighted by Gasteiger charge is -2.01. The van der Waals surface area contributed by atoms with E-state index in [-0.39, 0.29) is 48.8 Å². The van der Waals surface area contributed by atoms with Crippen molar-refractivity contribution in [2.24, 2.45) is 0 Å². The monoisotopic (exact) mass is 900 g/mol. The highest BCUT2D eigenvalue weighted by Gasteiger charge is 2.22. The summed E-state index contributed by atoms with van der Waals surface area (Å²) < 4.78 is 28.7. The van der Waals surface area contributed by atoms with Crippen molar-refractivity contribution in [3.63, 3.8) is 0 Å². The van der Waals surface area contributed by atoms with Gasteiger partial charge in [-0.05, 0) is 109 Å². The van der Waals surface area contributed by atoms with E-state index in [9.17, 15) is 48.4 Å². The summed E-state index contributed by atoms with van der Waals surface area (Å²) >= 11 is 9.53. The van der Waals surface area contributed by atoms with E-state index in [0.717, 1.165) is 82.6 Å². The molecule has 0 aliphatic carbocycles. The maximum Gasteiger partial charge on any atom is 0.303 e. The van der Waals surface area contributed by atoms with Crippen molar-refractivity contribution in [2.75, 3.05) is 0 Å². The maximum absolute atomic E-state index is 14.4. The van der Waals surface area contributed by atoms with Crippen LogP contribution in [-0.4, -0.2) is 44.3 Å². The van der Waals surface area contributed by atoms with Gasteiger partial charge < -0.3 is 20.4 Å². The number of carbonyl (C=O) groups is 4. The average molecular weight is 901 g/mol. The van der Waals surface area contributed by atoms with E-state index < -0.39 is 23.9 Å². The normalized spacial score (nSPS) is 11.4. The molecule has 0 spiro atoms. The Morgan fingerprint density at radius 3 is 0.947 bits per heavy atom. The Hall–Kier alpha value is -4.36. The molecule has 0 aliphatic heterocycles. The number of aliphatic carboxylic acids is 4. The Balaban J connectivity index is 1.19. The number of hydrogen-bond acceptors (Lipinski definition) is 11. The van der Waals surface area contributed by atoms with Gasteiger partial charge in [-0.2, -0.15) is 8.78 Å².